The molecule has 2 atom stereocenters. The molecule has 0 saturated carbocycles. The summed E-state index contributed by atoms with van der Waals surface area (Å²) in [6.07, 6.45) is 12.6. The number of carbonyl (C=O) groups excluding carboxylic acids is 1. The van der Waals surface area contributed by atoms with Crippen LogP contribution in [0.2, 0.25) is 0 Å². The molecule has 2 N–H and O–H groups in total. The van der Waals surface area contributed by atoms with Gasteiger partial charge in [-0.1, -0.05) is 63.1 Å². The Morgan fingerprint density at radius 3 is 2.74 bits per heavy atom. The van der Waals surface area contributed by atoms with Crippen molar-refractivity contribution in [1.29, 1.82) is 0 Å². The number of hydrogen-bond acceptors (Lipinski definition) is 5. The lowest BCUT2D eigenvalue weighted by molar-refractivity contribution is 0.104. The van der Waals surface area contributed by atoms with Gasteiger partial charge >= 0.3 is 0 Å². The van der Waals surface area contributed by atoms with E-state index in [0.717, 1.165) is 24.2 Å². The van der Waals surface area contributed by atoms with E-state index in [0.29, 0.717) is 22.9 Å². The van der Waals surface area contributed by atoms with Crippen molar-refractivity contribution in [2.24, 2.45) is 0 Å². The number of unbranched alkanes of at least 4 members (excludes halogenated alkanes) is 1. The second kappa shape index (κ2) is 8.39. The molecule has 0 saturated heterocycles. The van der Waals surface area contributed by atoms with Crippen LogP contribution in [0.25, 0.3) is 11.3 Å². The first-order chi connectivity index (χ1) is 14.8. The highest BCUT2D eigenvalue weighted by Gasteiger charge is 2.38. The van der Waals surface area contributed by atoms with Gasteiger partial charge in [-0.2, -0.15) is 0 Å². The molecule has 31 heavy (non-hydrogen) atoms. The Hall–Kier alpha value is -2.79. The normalized spacial score (nSPS) is 20.2. The van der Waals surface area contributed by atoms with Gasteiger partial charge in [-0.15, -0.1) is 0 Å². The minimum Gasteiger partial charge on any atom is -0.368 e. The zero-order chi connectivity index (χ0) is 22.2. The lowest BCUT2D eigenvalue weighted by Crippen LogP contribution is -2.28. The minimum atomic E-state index is -0.370. The van der Waals surface area contributed by atoms with E-state index < -0.39 is 0 Å². The van der Waals surface area contributed by atoms with Crippen molar-refractivity contribution in [3.05, 3.63) is 64.9 Å². The topological polar surface area (TPSA) is 72.1 Å². The van der Waals surface area contributed by atoms with E-state index in [1.165, 1.54) is 24.8 Å². The van der Waals surface area contributed by atoms with E-state index in [1.54, 1.807) is 0 Å². The number of carbonyl (C=O) groups is 1. The summed E-state index contributed by atoms with van der Waals surface area (Å²) in [6, 6.07) is 6.63. The summed E-state index contributed by atoms with van der Waals surface area (Å²) in [7, 11) is 2.16. The number of aromatic nitrogens is 2. The van der Waals surface area contributed by atoms with E-state index in [4.69, 9.17) is 5.73 Å². The van der Waals surface area contributed by atoms with E-state index in [-0.39, 0.29) is 17.1 Å². The van der Waals surface area contributed by atoms with Gasteiger partial charge in [-0.25, -0.2) is 9.97 Å². The van der Waals surface area contributed by atoms with Crippen molar-refractivity contribution in [2.45, 2.75) is 64.5 Å². The van der Waals surface area contributed by atoms with Gasteiger partial charge in [0.2, 0.25) is 5.95 Å². The summed E-state index contributed by atoms with van der Waals surface area (Å²) < 4.78 is 0. The van der Waals surface area contributed by atoms with Crippen LogP contribution in [0.3, 0.4) is 0 Å². The summed E-state index contributed by atoms with van der Waals surface area (Å²) in [5.41, 5.74) is 10.5. The maximum atomic E-state index is 13.4. The second-order valence-electron chi connectivity index (χ2n) is 9.18. The molecule has 1 aromatic heterocycles. The first-order valence-corrected chi connectivity index (χ1v) is 11.2. The molecule has 162 valence electrons. The van der Waals surface area contributed by atoms with Crippen LogP contribution in [0.4, 0.5) is 5.95 Å². The molecule has 0 fully saturated rings. The SMILES string of the molecule is CCCCC(C)N(C)Cc1ccc2c(c1)-c1nc(N)nc(C3(C)C=CC=CC3)c1C2=O. The summed E-state index contributed by atoms with van der Waals surface area (Å²) in [5.74, 6) is 0.217. The van der Waals surface area contributed by atoms with Crippen LogP contribution in [-0.2, 0) is 12.0 Å². The number of ketones is 1. The fourth-order valence-corrected chi connectivity index (χ4v) is 4.59. The molecule has 2 aromatic rings. The minimum absolute atomic E-state index is 0.000367. The number of allylic oxidation sites excluding steroid dienone is 4. The predicted octanol–water partition coefficient (Wildman–Crippen LogP) is 5.05. The zero-order valence-electron chi connectivity index (χ0n) is 19.0. The molecule has 0 aliphatic heterocycles. The molecular weight excluding hydrogens is 384 g/mol. The van der Waals surface area contributed by atoms with Crippen LogP contribution < -0.4 is 5.73 Å². The average Bonchev–Trinajstić information content (AvgIpc) is 3.03. The van der Waals surface area contributed by atoms with Crippen molar-refractivity contribution in [2.75, 3.05) is 12.8 Å². The van der Waals surface area contributed by atoms with E-state index in [1.807, 2.05) is 18.2 Å². The molecular formula is C26H32N4O. The fourth-order valence-electron chi connectivity index (χ4n) is 4.59. The smallest absolute Gasteiger partial charge is 0.220 e. The van der Waals surface area contributed by atoms with Gasteiger partial charge < -0.3 is 5.73 Å². The Labute approximate surface area is 185 Å². The number of anilines is 1. The second-order valence-corrected chi connectivity index (χ2v) is 9.18. The lowest BCUT2D eigenvalue weighted by Gasteiger charge is -2.27. The maximum Gasteiger partial charge on any atom is 0.220 e. The van der Waals surface area contributed by atoms with E-state index in [9.17, 15) is 4.79 Å². The highest BCUT2D eigenvalue weighted by molar-refractivity contribution is 6.21. The largest absolute Gasteiger partial charge is 0.368 e. The van der Waals surface area contributed by atoms with Crippen LogP contribution >= 0.6 is 0 Å². The van der Waals surface area contributed by atoms with Gasteiger partial charge in [0.15, 0.2) is 5.78 Å². The first-order valence-electron chi connectivity index (χ1n) is 11.2. The van der Waals surface area contributed by atoms with Gasteiger partial charge in [0, 0.05) is 29.1 Å². The lowest BCUT2D eigenvalue weighted by atomic mass is 9.78. The fraction of sp³-hybridized carbons (Fsp3) is 0.423. The van der Waals surface area contributed by atoms with Crippen molar-refractivity contribution < 1.29 is 4.79 Å². The van der Waals surface area contributed by atoms with Crippen molar-refractivity contribution >= 4 is 11.7 Å². The van der Waals surface area contributed by atoms with E-state index in [2.05, 4.69) is 67.0 Å². The third kappa shape index (κ3) is 3.94. The molecule has 5 heteroatoms. The van der Waals surface area contributed by atoms with Crippen LogP contribution in [0, 0.1) is 0 Å². The number of nitrogen functional groups attached to an aromatic ring is 1. The standard InChI is InChI=1S/C26H32N4O/c1-5-6-10-17(2)30(4)16-18-11-12-19-20(15-18)22-21(23(19)31)24(29-25(27)28-22)26(3)13-8-7-9-14-26/h7-9,11-13,15,17H,5-6,10,14,16H2,1-4H3,(H2,27,28,29). The molecule has 0 radical (unpaired) electrons. The number of fused-ring (bicyclic) bond motifs is 3. The average molecular weight is 417 g/mol. The van der Waals surface area contributed by atoms with Gasteiger partial charge in [-0.3, -0.25) is 9.69 Å². The molecule has 2 aliphatic carbocycles. The summed E-state index contributed by atoms with van der Waals surface area (Å²) in [4.78, 5) is 24.8. The Morgan fingerprint density at radius 2 is 2.03 bits per heavy atom. The van der Waals surface area contributed by atoms with Crippen molar-refractivity contribution in [3.63, 3.8) is 0 Å². The number of nitrogens with zero attached hydrogens (tertiary/aromatic N) is 3. The number of benzene rings is 1. The monoisotopic (exact) mass is 416 g/mol. The van der Waals surface area contributed by atoms with E-state index >= 15 is 0 Å². The summed E-state index contributed by atoms with van der Waals surface area (Å²) in [5, 5.41) is 0. The predicted molar refractivity (Wildman–Crippen MR) is 126 cm³/mol. The molecule has 0 bridgehead atoms. The quantitative estimate of drug-likeness (QED) is 0.583. The number of rotatable bonds is 7. The Bertz CT molecular complexity index is 1070. The maximum absolute atomic E-state index is 13.4. The van der Waals surface area contributed by atoms with Crippen molar-refractivity contribution in [1.82, 2.24) is 14.9 Å². The highest BCUT2D eigenvalue weighted by Crippen LogP contribution is 2.43. The molecule has 0 spiro atoms. The van der Waals surface area contributed by atoms with Gasteiger partial charge in [0.1, 0.15) is 0 Å². The first kappa shape index (κ1) is 21.4. The van der Waals surface area contributed by atoms with Gasteiger partial charge in [-0.05, 0) is 38.4 Å². The summed E-state index contributed by atoms with van der Waals surface area (Å²) >= 11 is 0. The molecule has 2 aliphatic rings. The molecule has 5 nitrogen and oxygen atoms in total. The Balaban J connectivity index is 1.71. The Kier molecular flexibility index (Phi) is 5.80. The zero-order valence-corrected chi connectivity index (χ0v) is 19.0. The van der Waals surface area contributed by atoms with Crippen LogP contribution in [0.5, 0.6) is 0 Å². The van der Waals surface area contributed by atoms with Crippen LogP contribution in [0.1, 0.15) is 73.6 Å². The van der Waals surface area contributed by atoms with Gasteiger partial charge in [0.25, 0.3) is 0 Å². The third-order valence-corrected chi connectivity index (χ3v) is 6.69. The molecule has 1 heterocycles. The third-order valence-electron chi connectivity index (χ3n) is 6.69. The summed E-state index contributed by atoms with van der Waals surface area (Å²) in [6.45, 7) is 7.43. The molecule has 0 amide bonds. The highest BCUT2D eigenvalue weighted by atomic mass is 16.1. The number of hydrogen-bond donors (Lipinski definition) is 1. The molecule has 4 rings (SSSR count). The molecule has 1 aromatic carbocycles. The van der Waals surface area contributed by atoms with Crippen molar-refractivity contribution in [3.8, 4) is 11.3 Å². The van der Waals surface area contributed by atoms with Crippen LogP contribution in [0.15, 0.2) is 42.5 Å². The Morgan fingerprint density at radius 1 is 1.23 bits per heavy atom. The van der Waals surface area contributed by atoms with Gasteiger partial charge in [0.05, 0.1) is 17.0 Å². The molecule has 2 unspecified atom stereocenters. The van der Waals surface area contributed by atoms with Crippen LogP contribution in [-0.4, -0.2) is 33.7 Å². The number of nitrogens with two attached hydrogens (primary N) is 1.